The van der Waals surface area contributed by atoms with Gasteiger partial charge in [-0.2, -0.15) is 0 Å². The van der Waals surface area contributed by atoms with E-state index in [1.54, 1.807) is 42.5 Å². The van der Waals surface area contributed by atoms with Gasteiger partial charge in [-0.3, -0.25) is 0 Å². The highest BCUT2D eigenvalue weighted by molar-refractivity contribution is 6.36. The van der Waals surface area contributed by atoms with Crippen LogP contribution in [0.15, 0.2) is 54.6 Å². The van der Waals surface area contributed by atoms with Crippen LogP contribution in [0.1, 0.15) is 16.7 Å². The Kier molecular flexibility index (Phi) is 9.51. The van der Waals surface area contributed by atoms with Crippen LogP contribution in [0, 0.1) is 0 Å². The van der Waals surface area contributed by atoms with Crippen LogP contribution < -0.4 is 0 Å². The number of rotatable bonds is 8. The van der Waals surface area contributed by atoms with E-state index in [-0.39, 0.29) is 29.3 Å². The van der Waals surface area contributed by atoms with Crippen LogP contribution in [0.25, 0.3) is 0 Å². The first-order valence-electron chi connectivity index (χ1n) is 11.5. The lowest BCUT2D eigenvalue weighted by atomic mass is 9.71. The Hall–Kier alpha value is -0.800. The Balaban J connectivity index is 1.79. The molecule has 11 heteroatoms. The van der Waals surface area contributed by atoms with Gasteiger partial charge in [0.1, 0.15) is 11.7 Å². The third-order valence-electron chi connectivity index (χ3n) is 6.84. The first-order valence-corrected chi connectivity index (χ1v) is 13.8. The Morgan fingerprint density at radius 3 is 1.58 bits per heavy atom. The van der Waals surface area contributed by atoms with Gasteiger partial charge in [-0.05, 0) is 53.1 Å². The van der Waals surface area contributed by atoms with E-state index in [0.29, 0.717) is 36.8 Å². The number of hydrogen-bond donors (Lipinski definition) is 3. The number of ether oxygens (including phenoxy) is 2. The van der Waals surface area contributed by atoms with Crippen LogP contribution in [0.2, 0.25) is 30.1 Å². The summed E-state index contributed by atoms with van der Waals surface area (Å²) in [6, 6.07) is 14.4. The van der Waals surface area contributed by atoms with Gasteiger partial charge in [0.2, 0.25) is 0 Å². The van der Waals surface area contributed by atoms with Crippen molar-refractivity contribution in [3.8, 4) is 0 Å². The Morgan fingerprint density at radius 1 is 0.737 bits per heavy atom. The van der Waals surface area contributed by atoms with Crippen molar-refractivity contribution in [2.24, 2.45) is 0 Å². The molecule has 3 N–H and O–H groups in total. The third kappa shape index (κ3) is 5.95. The summed E-state index contributed by atoms with van der Waals surface area (Å²) in [5, 5.41) is 38.1. The fourth-order valence-corrected chi connectivity index (χ4v) is 6.32. The molecule has 5 atom stereocenters. The van der Waals surface area contributed by atoms with Crippen LogP contribution >= 0.6 is 69.6 Å². The van der Waals surface area contributed by atoms with E-state index in [1.807, 2.05) is 0 Å². The van der Waals surface area contributed by atoms with Crippen LogP contribution in [0.3, 0.4) is 0 Å². The van der Waals surface area contributed by atoms with Gasteiger partial charge in [0.25, 0.3) is 0 Å². The summed E-state index contributed by atoms with van der Waals surface area (Å²) in [6.45, 7) is 0. The number of hydrogen-bond acceptors (Lipinski definition) is 5. The monoisotopic (exact) mass is 638 g/mol. The van der Waals surface area contributed by atoms with Crippen LogP contribution in [0.5, 0.6) is 0 Å². The first kappa shape index (κ1) is 30.2. The van der Waals surface area contributed by atoms with E-state index in [2.05, 4.69) is 0 Å². The van der Waals surface area contributed by atoms with E-state index in [9.17, 15) is 15.3 Å². The van der Waals surface area contributed by atoms with Gasteiger partial charge < -0.3 is 24.8 Å². The average Bonchev–Trinajstić information content (AvgIpc) is 3.06. The molecule has 0 aromatic heterocycles. The topological polar surface area (TPSA) is 79.2 Å². The maximum absolute atomic E-state index is 12.4. The van der Waals surface area contributed by atoms with E-state index in [1.165, 1.54) is 19.2 Å². The zero-order valence-electron chi connectivity index (χ0n) is 20.0. The van der Waals surface area contributed by atoms with Crippen molar-refractivity contribution < 1.29 is 24.8 Å². The minimum Gasteiger partial charge on any atom is -0.390 e. The maximum atomic E-state index is 12.4. The van der Waals surface area contributed by atoms with Crippen LogP contribution in [0.4, 0.5) is 0 Å². The van der Waals surface area contributed by atoms with Crippen molar-refractivity contribution in [3.05, 3.63) is 101 Å². The summed E-state index contributed by atoms with van der Waals surface area (Å²) < 4.78 is 11.5. The van der Waals surface area contributed by atoms with Gasteiger partial charge >= 0.3 is 0 Å². The van der Waals surface area contributed by atoms with E-state index in [0.717, 1.165) is 0 Å². The highest BCUT2D eigenvalue weighted by atomic mass is 35.5. The van der Waals surface area contributed by atoms with Crippen LogP contribution in [-0.2, 0) is 28.7 Å². The fourth-order valence-electron chi connectivity index (χ4n) is 4.89. The molecule has 0 radical (unpaired) electrons. The maximum Gasteiger partial charge on any atom is 0.189 e. The largest absolute Gasteiger partial charge is 0.390 e. The second-order valence-corrected chi connectivity index (χ2v) is 11.8. The van der Waals surface area contributed by atoms with Gasteiger partial charge in [-0.1, -0.05) is 87.8 Å². The number of benzene rings is 3. The minimum atomic E-state index is -2.12. The van der Waals surface area contributed by atoms with Crippen molar-refractivity contribution >= 4 is 69.6 Å². The number of methoxy groups -OCH3 is 1. The van der Waals surface area contributed by atoms with Crippen molar-refractivity contribution in [2.75, 3.05) is 7.11 Å². The minimum absolute atomic E-state index is 0.00839. The second-order valence-electron chi connectivity index (χ2n) is 9.31. The predicted molar refractivity (Wildman–Crippen MR) is 152 cm³/mol. The van der Waals surface area contributed by atoms with E-state index >= 15 is 0 Å². The molecule has 3 aromatic carbocycles. The first-order chi connectivity index (χ1) is 17.9. The molecule has 1 saturated heterocycles. The molecule has 0 aliphatic carbocycles. The summed E-state index contributed by atoms with van der Waals surface area (Å²) in [5.74, 6) is 0. The summed E-state index contributed by atoms with van der Waals surface area (Å²) >= 11 is 37.4. The van der Waals surface area contributed by atoms with E-state index < -0.39 is 29.7 Å². The van der Waals surface area contributed by atoms with Crippen molar-refractivity contribution in [3.63, 3.8) is 0 Å². The molecule has 1 aliphatic heterocycles. The fraction of sp³-hybridized carbons (Fsp3) is 0.333. The Labute approximate surface area is 250 Å². The Bertz CT molecular complexity index is 1320. The predicted octanol–water partition coefficient (Wildman–Crippen LogP) is 6.83. The summed E-state index contributed by atoms with van der Waals surface area (Å²) in [7, 11) is 1.33. The van der Waals surface area contributed by atoms with Gasteiger partial charge in [-0.25, -0.2) is 0 Å². The lowest BCUT2D eigenvalue weighted by Gasteiger charge is -2.42. The second kappa shape index (κ2) is 12.0. The zero-order valence-corrected chi connectivity index (χ0v) is 24.5. The molecule has 0 bridgehead atoms. The number of aliphatic hydroxyl groups is 3. The summed E-state index contributed by atoms with van der Waals surface area (Å²) in [4.78, 5) is 0. The molecule has 1 heterocycles. The molecule has 3 aromatic rings. The van der Waals surface area contributed by atoms with E-state index in [4.69, 9.17) is 79.1 Å². The average molecular weight is 641 g/mol. The normalized spacial score (nSPS) is 26.1. The molecule has 1 aliphatic rings. The quantitative estimate of drug-likeness (QED) is 0.252. The van der Waals surface area contributed by atoms with Gasteiger partial charge in [0.05, 0.1) is 6.10 Å². The van der Waals surface area contributed by atoms with Crippen molar-refractivity contribution in [1.82, 2.24) is 0 Å². The molecule has 2 unspecified atom stereocenters. The van der Waals surface area contributed by atoms with Gasteiger partial charge in [0.15, 0.2) is 11.9 Å². The lowest BCUT2D eigenvalue weighted by Crippen LogP contribution is -2.64. The van der Waals surface area contributed by atoms with Crippen molar-refractivity contribution in [2.45, 2.75) is 49.0 Å². The van der Waals surface area contributed by atoms with Gasteiger partial charge in [-0.15, -0.1) is 0 Å². The molecule has 0 saturated carbocycles. The SMILES string of the molecule is COC1O[C@H](C(O)Cc2ccc(Cl)cc2Cl)[C@](O)(Cc2ccc(Cl)cc2Cl)[C@]1(O)Cc1ccc(Cl)cc1Cl. The summed E-state index contributed by atoms with van der Waals surface area (Å²) in [5.41, 5.74) is -2.67. The molecule has 0 spiro atoms. The standard InChI is InChI=1S/C27H24Cl6O5/c1-37-25-27(36,13-16-4-7-19(30)11-22(16)33)26(35,12-15-3-6-18(29)10-21(15)32)24(38-25)23(34)8-14-2-5-17(28)9-20(14)31/h2-7,9-11,23-25,34-36H,8,12-13H2,1H3/t23?,24-,25?,26-,27+/m1/s1. The molecule has 204 valence electrons. The molecule has 5 nitrogen and oxygen atoms in total. The van der Waals surface area contributed by atoms with Crippen LogP contribution in [-0.4, -0.2) is 52.1 Å². The number of aliphatic hydroxyl groups excluding tert-OH is 1. The Morgan fingerprint density at radius 2 is 1.16 bits per heavy atom. The molecule has 1 fully saturated rings. The highest BCUT2D eigenvalue weighted by Gasteiger charge is 2.67. The lowest BCUT2D eigenvalue weighted by molar-refractivity contribution is -0.206. The smallest absolute Gasteiger partial charge is 0.189 e. The third-order valence-corrected chi connectivity index (χ3v) is 8.60. The molecule has 0 amide bonds. The molecule has 38 heavy (non-hydrogen) atoms. The molecular weight excluding hydrogens is 617 g/mol. The van der Waals surface area contributed by atoms with Gasteiger partial charge in [0, 0.05) is 56.5 Å². The van der Waals surface area contributed by atoms with Crippen molar-refractivity contribution in [1.29, 1.82) is 0 Å². The molecule has 4 rings (SSSR count). The molecular formula is C27H24Cl6O5. The highest BCUT2D eigenvalue weighted by Crippen LogP contribution is 2.47. The number of halogens is 6. The zero-order chi connectivity index (χ0) is 27.8. The summed E-state index contributed by atoms with van der Waals surface area (Å²) in [6.07, 6.45) is -4.40.